The molecule has 2 aliphatic carbocycles. The van der Waals surface area contributed by atoms with Gasteiger partial charge in [-0.15, -0.1) is 0 Å². The van der Waals surface area contributed by atoms with Crippen molar-refractivity contribution in [2.45, 2.75) is 69.7 Å². The summed E-state index contributed by atoms with van der Waals surface area (Å²) in [4.78, 5) is 43.1. The Morgan fingerprint density at radius 1 is 0.964 bits per heavy atom. The monoisotopic (exact) mass is 809 g/mol. The molecule has 1 aromatic heterocycles. The number of nitrogens with zero attached hydrogens (tertiary/aromatic N) is 4. The molecule has 3 aromatic rings. The Bertz CT molecular complexity index is 2100. The second kappa shape index (κ2) is 14.5. The molecule has 1 N–H and O–H groups in total. The molecule has 18 heteroatoms. The summed E-state index contributed by atoms with van der Waals surface area (Å²) in [7, 11) is -4.00. The number of benzene rings is 2. The predicted molar refractivity (Wildman–Crippen MR) is 188 cm³/mol. The van der Waals surface area contributed by atoms with Crippen molar-refractivity contribution in [3.63, 3.8) is 0 Å². The molecule has 11 nitrogen and oxygen atoms in total. The molecule has 0 unspecified atom stereocenters. The molecule has 56 heavy (non-hydrogen) atoms. The third-order valence-electron chi connectivity index (χ3n) is 11.7. The Balaban J connectivity index is 1.09. The number of rotatable bonds is 11. The van der Waals surface area contributed by atoms with Gasteiger partial charge in [0.25, 0.3) is 11.8 Å². The first-order valence-corrected chi connectivity index (χ1v) is 20.2. The highest BCUT2D eigenvalue weighted by atomic mass is 32.2. The van der Waals surface area contributed by atoms with Crippen LogP contribution in [0.5, 0.6) is 0 Å². The molecular formula is C38H41F6N5O6S. The van der Waals surface area contributed by atoms with E-state index in [9.17, 15) is 49.1 Å². The lowest BCUT2D eigenvalue weighted by Crippen LogP contribution is -2.65. The number of carbonyl (C=O) groups is 3. The van der Waals surface area contributed by atoms with Gasteiger partial charge in [-0.25, -0.2) is 26.3 Å². The van der Waals surface area contributed by atoms with Crippen molar-refractivity contribution in [2.24, 2.45) is 16.7 Å². The van der Waals surface area contributed by atoms with E-state index in [1.165, 1.54) is 27.9 Å². The van der Waals surface area contributed by atoms with E-state index in [-0.39, 0.29) is 101 Å². The fraction of sp³-hybridized carbons (Fsp3) is 0.526. The Kier molecular flexibility index (Phi) is 10.3. The first kappa shape index (κ1) is 39.8. The Hall–Kier alpha value is -4.45. The van der Waals surface area contributed by atoms with Crippen LogP contribution in [-0.2, 0) is 32.7 Å². The number of nitrogens with one attached hydrogen (secondary N) is 1. The van der Waals surface area contributed by atoms with Crippen molar-refractivity contribution in [3.05, 3.63) is 88.5 Å². The SMILES string of the molecule is CS(=O)(=O)NC(=O)c1c(COC[C@@H]2CN(C(=O)c3cnn(Cc4ccc(F)cc4)c3)CC23CN(C(=O)C2(C(F)(F)F)CC2)C3)cccc1C1CCC(F)(F)CC1. The molecule has 4 aliphatic rings. The number of alkyl halides is 5. The normalized spacial score (nSPS) is 21.5. The number of halogens is 6. The zero-order chi connectivity index (χ0) is 40.3. The van der Waals surface area contributed by atoms with Crippen LogP contribution < -0.4 is 4.72 Å². The van der Waals surface area contributed by atoms with Gasteiger partial charge in [0.1, 0.15) is 11.2 Å². The molecule has 0 bridgehead atoms. The minimum Gasteiger partial charge on any atom is -0.376 e. The van der Waals surface area contributed by atoms with Crippen LogP contribution in [0.3, 0.4) is 0 Å². The van der Waals surface area contributed by atoms with E-state index < -0.39 is 62.4 Å². The smallest absolute Gasteiger partial charge is 0.376 e. The lowest BCUT2D eigenvalue weighted by molar-refractivity contribution is -0.205. The molecule has 3 amide bonds. The number of sulfonamides is 1. The Morgan fingerprint density at radius 2 is 1.62 bits per heavy atom. The van der Waals surface area contributed by atoms with Crippen LogP contribution >= 0.6 is 0 Å². The standard InChI is InChI=1S/C38H41F6N5O6S/c1-56(53,54)46-32(50)31-26(3-2-4-30(31)25-9-11-37(40,41)12-10-25)19-55-20-28-18-47(21-35(28)22-48(23-35)34(52)36(13-14-36)38(42,43)44)33(51)27-15-45-49(17-27)16-24-5-7-29(39)8-6-24/h2-8,15,17,25,28H,9-14,16,18-23H2,1H3,(H,46,50)/t28-/m0/s1. The maximum absolute atomic E-state index is 14.0. The number of amides is 3. The average Bonchev–Trinajstić information content (AvgIpc) is 3.67. The summed E-state index contributed by atoms with van der Waals surface area (Å²) in [6.45, 7) is 0.212. The number of carbonyl (C=O) groups excluding carboxylic acids is 3. The third kappa shape index (κ3) is 8.04. The van der Waals surface area contributed by atoms with Gasteiger partial charge in [0.2, 0.25) is 21.9 Å². The van der Waals surface area contributed by atoms with E-state index in [1.54, 1.807) is 41.4 Å². The second-order valence-corrected chi connectivity index (χ2v) is 17.5. The maximum Gasteiger partial charge on any atom is 0.403 e. The summed E-state index contributed by atoms with van der Waals surface area (Å²) >= 11 is 0. The second-order valence-electron chi connectivity index (χ2n) is 15.8. The number of hydrogen-bond acceptors (Lipinski definition) is 7. The van der Waals surface area contributed by atoms with Gasteiger partial charge in [0.05, 0.1) is 37.8 Å². The van der Waals surface area contributed by atoms with Crippen LogP contribution in [0.15, 0.2) is 54.9 Å². The van der Waals surface area contributed by atoms with Crippen LogP contribution in [0.1, 0.15) is 81.8 Å². The average molecular weight is 810 g/mol. The first-order chi connectivity index (χ1) is 26.3. The van der Waals surface area contributed by atoms with Crippen molar-refractivity contribution in [1.29, 1.82) is 0 Å². The fourth-order valence-electron chi connectivity index (χ4n) is 8.44. The number of likely N-dealkylation sites (tertiary alicyclic amines) is 2. The topological polar surface area (TPSA) is 131 Å². The quantitative estimate of drug-likeness (QED) is 0.253. The molecule has 2 saturated carbocycles. The lowest BCUT2D eigenvalue weighted by atomic mass is 9.71. The van der Waals surface area contributed by atoms with Gasteiger partial charge >= 0.3 is 6.18 Å². The molecule has 1 atom stereocenters. The molecule has 2 saturated heterocycles. The van der Waals surface area contributed by atoms with E-state index >= 15 is 0 Å². The van der Waals surface area contributed by atoms with Crippen LogP contribution in [0.25, 0.3) is 0 Å². The lowest BCUT2D eigenvalue weighted by Gasteiger charge is -2.51. The minimum atomic E-state index is -4.69. The largest absolute Gasteiger partial charge is 0.403 e. The Morgan fingerprint density at radius 3 is 2.25 bits per heavy atom. The molecule has 3 heterocycles. The number of hydrogen-bond donors (Lipinski definition) is 1. The van der Waals surface area contributed by atoms with Gasteiger partial charge in [-0.1, -0.05) is 30.3 Å². The van der Waals surface area contributed by atoms with Crippen LogP contribution in [0.2, 0.25) is 0 Å². The van der Waals surface area contributed by atoms with E-state index in [4.69, 9.17) is 4.74 Å². The molecule has 7 rings (SSSR count). The summed E-state index contributed by atoms with van der Waals surface area (Å²) < 4.78 is 117. The van der Waals surface area contributed by atoms with Gasteiger partial charge in [0, 0.05) is 62.1 Å². The molecule has 1 spiro atoms. The third-order valence-corrected chi connectivity index (χ3v) is 12.2. The van der Waals surface area contributed by atoms with E-state index in [2.05, 4.69) is 5.10 Å². The van der Waals surface area contributed by atoms with Crippen molar-refractivity contribution in [3.8, 4) is 0 Å². The highest BCUT2D eigenvalue weighted by molar-refractivity contribution is 7.89. The summed E-state index contributed by atoms with van der Waals surface area (Å²) in [5.74, 6) is -6.42. The molecule has 2 aliphatic heterocycles. The van der Waals surface area contributed by atoms with E-state index in [0.29, 0.717) is 11.1 Å². The highest BCUT2D eigenvalue weighted by Gasteiger charge is 2.71. The van der Waals surface area contributed by atoms with Crippen molar-refractivity contribution < 1.29 is 53.9 Å². The van der Waals surface area contributed by atoms with Gasteiger partial charge < -0.3 is 14.5 Å². The summed E-state index contributed by atoms with van der Waals surface area (Å²) in [6, 6.07) is 10.6. The first-order valence-electron chi connectivity index (χ1n) is 18.3. The van der Waals surface area contributed by atoms with Crippen molar-refractivity contribution >= 4 is 27.7 Å². The summed E-state index contributed by atoms with van der Waals surface area (Å²) in [5.41, 5.74) is -1.46. The van der Waals surface area contributed by atoms with E-state index in [1.807, 2.05) is 4.72 Å². The minimum absolute atomic E-state index is 0.00558. The summed E-state index contributed by atoms with van der Waals surface area (Å²) in [5, 5.41) is 4.27. The van der Waals surface area contributed by atoms with E-state index in [0.717, 1.165) is 11.8 Å². The van der Waals surface area contributed by atoms with Crippen LogP contribution in [0.4, 0.5) is 26.3 Å². The van der Waals surface area contributed by atoms with Gasteiger partial charge in [-0.3, -0.25) is 19.1 Å². The predicted octanol–water partition coefficient (Wildman–Crippen LogP) is 5.51. The van der Waals surface area contributed by atoms with Crippen molar-refractivity contribution in [2.75, 3.05) is 39.0 Å². The van der Waals surface area contributed by atoms with Crippen LogP contribution in [0, 0.1) is 22.6 Å². The molecule has 302 valence electrons. The number of ether oxygens (including phenoxy) is 1. The van der Waals surface area contributed by atoms with Gasteiger partial charge in [-0.05, 0) is 60.4 Å². The Labute approximate surface area is 319 Å². The van der Waals surface area contributed by atoms with Gasteiger partial charge in [-0.2, -0.15) is 18.3 Å². The zero-order valence-corrected chi connectivity index (χ0v) is 31.3. The van der Waals surface area contributed by atoms with Crippen LogP contribution in [-0.4, -0.2) is 96.9 Å². The molecule has 4 fully saturated rings. The number of aromatic nitrogens is 2. The molecular weight excluding hydrogens is 769 g/mol. The fourth-order valence-corrected chi connectivity index (χ4v) is 8.88. The zero-order valence-electron chi connectivity index (χ0n) is 30.5. The van der Waals surface area contributed by atoms with Gasteiger partial charge in [0.15, 0.2) is 0 Å². The van der Waals surface area contributed by atoms with Crippen molar-refractivity contribution in [1.82, 2.24) is 24.3 Å². The highest BCUT2D eigenvalue weighted by Crippen LogP contribution is 2.60. The summed E-state index contributed by atoms with van der Waals surface area (Å²) in [6.07, 6.45) is -2.10. The molecule has 0 radical (unpaired) electrons. The maximum atomic E-state index is 14.0. The molecule has 2 aromatic carbocycles.